The average Bonchev–Trinajstić information content (AvgIpc) is 2.52. The first-order valence-corrected chi connectivity index (χ1v) is 6.88. The molecule has 25 heavy (non-hydrogen) atoms. The van der Waals surface area contributed by atoms with Gasteiger partial charge >= 0.3 is 35.8 Å². The van der Waals surface area contributed by atoms with Crippen LogP contribution < -0.4 is 0 Å². The van der Waals surface area contributed by atoms with E-state index in [9.17, 15) is 43.9 Å². The average molecular weight is 476 g/mol. The second-order valence-electron chi connectivity index (χ2n) is 4.71. The van der Waals surface area contributed by atoms with E-state index < -0.39 is 44.8 Å². The highest BCUT2D eigenvalue weighted by Crippen LogP contribution is 2.71. The van der Waals surface area contributed by atoms with E-state index in [1.165, 1.54) is 0 Å². The lowest BCUT2D eigenvalue weighted by Crippen LogP contribution is -2.83. The summed E-state index contributed by atoms with van der Waals surface area (Å²) in [5, 5.41) is 0. The van der Waals surface area contributed by atoms with E-state index >= 15 is 0 Å². The highest BCUT2D eigenvalue weighted by Gasteiger charge is 3.00. The predicted octanol–water partition coefficient (Wildman–Crippen LogP) is 5.11. The van der Waals surface area contributed by atoms with Crippen molar-refractivity contribution in [3.05, 3.63) is 0 Å². The molecular weight excluding hydrogens is 476 g/mol. The number of ether oxygens (including phenoxy) is 3. The van der Waals surface area contributed by atoms with Crippen LogP contribution in [0.5, 0.6) is 0 Å². The minimum absolute atomic E-state index is 2.36. The summed E-state index contributed by atoms with van der Waals surface area (Å²) in [7, 11) is 0. The van der Waals surface area contributed by atoms with Gasteiger partial charge in [0, 0.05) is 0 Å². The topological polar surface area (TPSA) is 27.7 Å². The lowest BCUT2D eigenvalue weighted by Gasteiger charge is -2.52. The molecule has 0 aromatic carbocycles. The molecule has 2 rings (SSSR count). The van der Waals surface area contributed by atoms with Crippen molar-refractivity contribution < 1.29 is 58.1 Å². The Morgan fingerprint density at radius 2 is 0.960 bits per heavy atom. The maximum atomic E-state index is 14.3. The smallest absolute Gasteiger partial charge is 0.298 e. The molecule has 0 amide bonds. The minimum Gasteiger partial charge on any atom is -0.298 e. The molecular formula is C8Cl4F10O3. The van der Waals surface area contributed by atoms with Crippen LogP contribution >= 0.6 is 46.4 Å². The van der Waals surface area contributed by atoms with E-state index in [2.05, 4.69) is 14.2 Å². The molecule has 0 saturated carbocycles. The second-order valence-corrected chi connectivity index (χ2v) is 7.23. The number of hydrogen-bond donors (Lipinski definition) is 0. The molecule has 0 bridgehead atoms. The van der Waals surface area contributed by atoms with Crippen LogP contribution in [0, 0.1) is 0 Å². The SMILES string of the molecule is FC(F)(F)C1(F)OC(F)(F)C(F)(F)C(F)(F)C12OC(Cl)(Cl)C(Cl)(Cl)O2. The first-order valence-electron chi connectivity index (χ1n) is 5.37. The Balaban J connectivity index is 2.86. The van der Waals surface area contributed by atoms with Crippen molar-refractivity contribution in [3.8, 4) is 0 Å². The van der Waals surface area contributed by atoms with Gasteiger partial charge in [-0.3, -0.25) is 14.2 Å². The molecule has 17 heteroatoms. The van der Waals surface area contributed by atoms with Crippen LogP contribution in [0.3, 0.4) is 0 Å². The second kappa shape index (κ2) is 5.03. The Hall–Kier alpha value is 0.340. The molecule has 2 aliphatic rings. The summed E-state index contributed by atoms with van der Waals surface area (Å²) in [6.07, 6.45) is -13.5. The number of hydrogen-bond acceptors (Lipinski definition) is 3. The fourth-order valence-corrected chi connectivity index (χ4v) is 2.49. The van der Waals surface area contributed by atoms with E-state index in [4.69, 9.17) is 46.4 Å². The molecule has 0 aromatic rings. The standard InChI is InChI=1S/C8Cl4F10O3/c9-5(10)6(11,12)25-4(24-5)1(13,14)2(15,16)8(21,22)23-3(4,17)7(18,19)20. The highest BCUT2D eigenvalue weighted by molar-refractivity contribution is 6.61. The summed E-state index contributed by atoms with van der Waals surface area (Å²) < 4.78 is 136. The Kier molecular flexibility index (Phi) is 4.35. The number of halogens is 14. The van der Waals surface area contributed by atoms with Gasteiger partial charge in [-0.25, -0.2) is 0 Å². The highest BCUT2D eigenvalue weighted by atomic mass is 35.5. The zero-order valence-corrected chi connectivity index (χ0v) is 13.5. The van der Waals surface area contributed by atoms with E-state index in [0.717, 1.165) is 0 Å². The summed E-state index contributed by atoms with van der Waals surface area (Å²) >= 11 is 20.2. The zero-order chi connectivity index (χ0) is 20.1. The molecule has 0 aliphatic carbocycles. The van der Waals surface area contributed by atoms with Crippen LogP contribution in [-0.2, 0) is 14.2 Å². The van der Waals surface area contributed by atoms with Crippen LogP contribution in [0.25, 0.3) is 0 Å². The molecule has 3 nitrogen and oxygen atoms in total. The molecule has 148 valence electrons. The van der Waals surface area contributed by atoms with E-state index in [0.29, 0.717) is 0 Å². The molecule has 1 unspecified atom stereocenters. The quantitative estimate of drug-likeness (QED) is 0.360. The Morgan fingerprint density at radius 1 is 0.600 bits per heavy atom. The fraction of sp³-hybridized carbons (Fsp3) is 1.00. The Morgan fingerprint density at radius 3 is 1.28 bits per heavy atom. The predicted molar refractivity (Wildman–Crippen MR) is 59.6 cm³/mol. The van der Waals surface area contributed by atoms with Crippen molar-refractivity contribution in [3.63, 3.8) is 0 Å². The van der Waals surface area contributed by atoms with Gasteiger partial charge in [-0.15, -0.1) is 0 Å². The van der Waals surface area contributed by atoms with Crippen molar-refractivity contribution in [2.45, 2.75) is 44.8 Å². The van der Waals surface area contributed by atoms with Crippen molar-refractivity contribution in [1.82, 2.24) is 0 Å². The van der Waals surface area contributed by atoms with Gasteiger partial charge in [0.05, 0.1) is 0 Å². The van der Waals surface area contributed by atoms with Crippen LogP contribution in [0.4, 0.5) is 43.9 Å². The van der Waals surface area contributed by atoms with Gasteiger partial charge in [-0.1, -0.05) is 46.4 Å². The zero-order valence-electron chi connectivity index (χ0n) is 10.5. The summed E-state index contributed by atoms with van der Waals surface area (Å²) in [5.74, 6) is -25.8. The molecule has 2 heterocycles. The normalized spacial score (nSPS) is 37.2. The van der Waals surface area contributed by atoms with Crippen LogP contribution in [0.15, 0.2) is 0 Å². The fourth-order valence-electron chi connectivity index (χ4n) is 1.90. The van der Waals surface area contributed by atoms with Crippen molar-refractivity contribution in [2.75, 3.05) is 0 Å². The van der Waals surface area contributed by atoms with Gasteiger partial charge in [0.25, 0.3) is 9.04 Å². The van der Waals surface area contributed by atoms with Crippen molar-refractivity contribution >= 4 is 46.4 Å². The Labute approximate surface area is 149 Å². The van der Waals surface area contributed by atoms with Gasteiger partial charge in [0.1, 0.15) is 0 Å². The third kappa shape index (κ3) is 2.32. The minimum atomic E-state index is -6.87. The van der Waals surface area contributed by atoms with E-state index in [1.54, 1.807) is 0 Å². The molecule has 2 saturated heterocycles. The maximum Gasteiger partial charge on any atom is 0.454 e. The van der Waals surface area contributed by atoms with Crippen molar-refractivity contribution in [1.29, 1.82) is 0 Å². The summed E-state index contributed by atoms with van der Waals surface area (Å²) in [4.78, 5) is 0. The largest absolute Gasteiger partial charge is 0.454 e. The van der Waals surface area contributed by atoms with Crippen LogP contribution in [0.2, 0.25) is 0 Å². The summed E-state index contributed by atoms with van der Waals surface area (Å²) in [6.45, 7) is 0. The monoisotopic (exact) mass is 474 g/mol. The molecule has 0 N–H and O–H groups in total. The first-order chi connectivity index (χ1) is 10.6. The first kappa shape index (κ1) is 21.6. The molecule has 2 aliphatic heterocycles. The van der Waals surface area contributed by atoms with Gasteiger partial charge < -0.3 is 0 Å². The summed E-state index contributed by atoms with van der Waals surface area (Å²) in [6, 6.07) is 0. The molecule has 0 aromatic heterocycles. The van der Waals surface area contributed by atoms with E-state index in [-0.39, 0.29) is 0 Å². The number of rotatable bonds is 0. The molecule has 1 atom stereocenters. The lowest BCUT2D eigenvalue weighted by molar-refractivity contribution is -0.588. The maximum absolute atomic E-state index is 14.3. The van der Waals surface area contributed by atoms with Gasteiger partial charge in [-0.05, 0) is 0 Å². The van der Waals surface area contributed by atoms with Crippen molar-refractivity contribution in [2.24, 2.45) is 0 Å². The van der Waals surface area contributed by atoms with Crippen LogP contribution in [0.1, 0.15) is 0 Å². The van der Waals surface area contributed by atoms with Crippen LogP contribution in [-0.4, -0.2) is 44.8 Å². The molecule has 0 radical (unpaired) electrons. The molecule has 1 spiro atoms. The number of alkyl halides is 14. The lowest BCUT2D eigenvalue weighted by atomic mass is 9.89. The van der Waals surface area contributed by atoms with Gasteiger partial charge in [0.15, 0.2) is 0 Å². The summed E-state index contributed by atoms with van der Waals surface area (Å²) in [5.41, 5.74) is 0. The third-order valence-electron chi connectivity index (χ3n) is 3.11. The Bertz CT molecular complexity index is 577. The molecule has 2 fully saturated rings. The van der Waals surface area contributed by atoms with Gasteiger partial charge in [-0.2, -0.15) is 43.9 Å². The van der Waals surface area contributed by atoms with E-state index in [1.807, 2.05) is 0 Å². The van der Waals surface area contributed by atoms with Gasteiger partial charge in [0.2, 0.25) is 0 Å². The third-order valence-corrected chi connectivity index (χ3v) is 4.87.